The molecule has 1 fully saturated rings. The molecule has 0 saturated carbocycles. The van der Waals surface area contributed by atoms with Crippen LogP contribution in [0.15, 0.2) is 24.3 Å². The van der Waals surface area contributed by atoms with Crippen LogP contribution in [0.2, 0.25) is 5.02 Å². The molecule has 1 aromatic rings. The summed E-state index contributed by atoms with van der Waals surface area (Å²) < 4.78 is 30.6. The van der Waals surface area contributed by atoms with Crippen molar-refractivity contribution in [3.63, 3.8) is 0 Å². The number of benzene rings is 1. The predicted octanol–water partition coefficient (Wildman–Crippen LogP) is 1.87. The summed E-state index contributed by atoms with van der Waals surface area (Å²) in [6, 6.07) is 7.92. The molecule has 23 heavy (non-hydrogen) atoms. The van der Waals surface area contributed by atoms with Gasteiger partial charge in [0.15, 0.2) is 0 Å². The number of hydrogen-bond donors (Lipinski definition) is 0. The van der Waals surface area contributed by atoms with Gasteiger partial charge in [0.2, 0.25) is 10.0 Å². The largest absolute Gasteiger partial charge is 0.384 e. The fourth-order valence-corrected chi connectivity index (χ4v) is 4.33. The molecule has 0 bridgehead atoms. The molecular weight excluding hydrogens is 336 g/mol. The van der Waals surface area contributed by atoms with Gasteiger partial charge in [0.25, 0.3) is 0 Å². The van der Waals surface area contributed by atoms with Gasteiger partial charge in [-0.15, -0.1) is 0 Å². The molecule has 1 aromatic carbocycles. The van der Waals surface area contributed by atoms with Crippen molar-refractivity contribution in [2.45, 2.75) is 12.8 Å². The highest BCUT2D eigenvalue weighted by atomic mass is 35.5. The van der Waals surface area contributed by atoms with Crippen LogP contribution in [-0.2, 0) is 21.2 Å². The second-order valence-electron chi connectivity index (χ2n) is 5.74. The third-order valence-electron chi connectivity index (χ3n) is 4.15. The van der Waals surface area contributed by atoms with E-state index in [1.807, 2.05) is 18.2 Å². The van der Waals surface area contributed by atoms with Gasteiger partial charge in [-0.2, -0.15) is 4.31 Å². The van der Waals surface area contributed by atoms with Gasteiger partial charge in [-0.3, -0.25) is 0 Å². The van der Waals surface area contributed by atoms with E-state index in [1.165, 1.54) is 12.7 Å². The van der Waals surface area contributed by atoms with Crippen LogP contribution in [0.25, 0.3) is 0 Å². The Morgan fingerprint density at radius 3 is 2.52 bits per heavy atom. The summed E-state index contributed by atoms with van der Waals surface area (Å²) in [5.74, 6) is 0.0655. The van der Waals surface area contributed by atoms with Crippen molar-refractivity contribution in [2.75, 3.05) is 52.2 Å². The zero-order chi connectivity index (χ0) is 16.7. The van der Waals surface area contributed by atoms with E-state index in [9.17, 15) is 8.42 Å². The van der Waals surface area contributed by atoms with Crippen molar-refractivity contribution in [1.82, 2.24) is 9.21 Å². The highest BCUT2D eigenvalue weighted by molar-refractivity contribution is 7.89. The molecule has 0 radical (unpaired) electrons. The fraction of sp³-hybridized carbons (Fsp3) is 0.625. The van der Waals surface area contributed by atoms with Gasteiger partial charge in [-0.1, -0.05) is 29.8 Å². The Labute approximate surface area is 144 Å². The second-order valence-corrected chi connectivity index (χ2v) is 8.24. The molecule has 1 heterocycles. The van der Waals surface area contributed by atoms with Crippen LogP contribution in [-0.4, -0.2) is 69.8 Å². The minimum absolute atomic E-state index is 0.0655. The Hall–Kier alpha value is -0.660. The first-order valence-corrected chi connectivity index (χ1v) is 9.94. The van der Waals surface area contributed by atoms with Gasteiger partial charge in [0.05, 0.1) is 12.4 Å². The van der Waals surface area contributed by atoms with E-state index in [1.54, 1.807) is 4.31 Å². The van der Waals surface area contributed by atoms with Crippen LogP contribution in [0.1, 0.15) is 12.0 Å². The van der Waals surface area contributed by atoms with E-state index in [0.717, 1.165) is 37.5 Å². The Bertz CT molecular complexity index is 587. The third kappa shape index (κ3) is 5.72. The van der Waals surface area contributed by atoms with Crippen LogP contribution >= 0.6 is 11.6 Å². The Balaban J connectivity index is 1.72. The number of ether oxygens (including phenoxy) is 1. The number of aryl methyl sites for hydroxylation is 1. The first-order valence-electron chi connectivity index (χ1n) is 7.95. The molecule has 130 valence electrons. The van der Waals surface area contributed by atoms with Crippen molar-refractivity contribution < 1.29 is 13.2 Å². The molecule has 7 heteroatoms. The number of piperazine rings is 1. The van der Waals surface area contributed by atoms with Crippen molar-refractivity contribution in [1.29, 1.82) is 0 Å². The van der Waals surface area contributed by atoms with E-state index in [-0.39, 0.29) is 12.4 Å². The monoisotopic (exact) mass is 360 g/mol. The third-order valence-corrected chi connectivity index (χ3v) is 6.35. The lowest BCUT2D eigenvalue weighted by molar-refractivity contribution is 0.183. The van der Waals surface area contributed by atoms with Gasteiger partial charge in [-0.05, 0) is 31.0 Å². The lowest BCUT2D eigenvalue weighted by Crippen LogP contribution is -2.49. The summed E-state index contributed by atoms with van der Waals surface area (Å²) in [6.45, 7) is 3.93. The minimum atomic E-state index is -3.17. The summed E-state index contributed by atoms with van der Waals surface area (Å²) in [6.07, 6.45) is 1.98. The molecule has 0 unspecified atom stereocenters. The summed E-state index contributed by atoms with van der Waals surface area (Å²) >= 11 is 6.16. The number of methoxy groups -OCH3 is 1. The average Bonchev–Trinajstić information content (AvgIpc) is 2.55. The van der Waals surface area contributed by atoms with E-state index < -0.39 is 10.0 Å². The van der Waals surface area contributed by atoms with E-state index in [0.29, 0.717) is 13.1 Å². The number of sulfonamides is 1. The topological polar surface area (TPSA) is 49.9 Å². The van der Waals surface area contributed by atoms with Gasteiger partial charge in [0.1, 0.15) is 0 Å². The van der Waals surface area contributed by atoms with Gasteiger partial charge in [0, 0.05) is 38.3 Å². The van der Waals surface area contributed by atoms with Crippen LogP contribution < -0.4 is 0 Å². The number of hydrogen-bond acceptors (Lipinski definition) is 4. The molecule has 0 aromatic heterocycles. The molecule has 0 atom stereocenters. The average molecular weight is 361 g/mol. The Morgan fingerprint density at radius 2 is 1.87 bits per heavy atom. The molecule has 1 aliphatic heterocycles. The van der Waals surface area contributed by atoms with Gasteiger partial charge in [-0.25, -0.2) is 8.42 Å². The number of halogens is 1. The van der Waals surface area contributed by atoms with E-state index in [4.69, 9.17) is 16.3 Å². The van der Waals surface area contributed by atoms with Crippen molar-refractivity contribution in [3.05, 3.63) is 34.9 Å². The molecule has 0 N–H and O–H groups in total. The highest BCUT2D eigenvalue weighted by Crippen LogP contribution is 2.17. The lowest BCUT2D eigenvalue weighted by Gasteiger charge is -2.34. The minimum Gasteiger partial charge on any atom is -0.384 e. The maximum atomic E-state index is 12.1. The van der Waals surface area contributed by atoms with Crippen molar-refractivity contribution in [3.8, 4) is 0 Å². The van der Waals surface area contributed by atoms with Crippen molar-refractivity contribution in [2.24, 2.45) is 0 Å². The second kappa shape index (κ2) is 8.99. The van der Waals surface area contributed by atoms with Crippen LogP contribution in [0.5, 0.6) is 0 Å². The highest BCUT2D eigenvalue weighted by Gasteiger charge is 2.26. The molecule has 0 spiro atoms. The molecule has 1 aliphatic rings. The van der Waals surface area contributed by atoms with Gasteiger partial charge < -0.3 is 9.64 Å². The Morgan fingerprint density at radius 1 is 1.17 bits per heavy atom. The maximum Gasteiger partial charge on any atom is 0.216 e. The molecule has 2 rings (SSSR count). The fourth-order valence-electron chi connectivity index (χ4n) is 2.74. The summed E-state index contributed by atoms with van der Waals surface area (Å²) in [5, 5.41) is 0.821. The van der Waals surface area contributed by atoms with Crippen LogP contribution in [0.4, 0.5) is 0 Å². The smallest absolute Gasteiger partial charge is 0.216 e. The van der Waals surface area contributed by atoms with Crippen LogP contribution in [0, 0.1) is 0 Å². The molecule has 1 saturated heterocycles. The van der Waals surface area contributed by atoms with Crippen molar-refractivity contribution >= 4 is 21.6 Å². The molecule has 0 amide bonds. The predicted molar refractivity (Wildman–Crippen MR) is 93.4 cm³/mol. The van der Waals surface area contributed by atoms with E-state index in [2.05, 4.69) is 11.0 Å². The first-order chi connectivity index (χ1) is 11.0. The zero-order valence-corrected chi connectivity index (χ0v) is 15.2. The quantitative estimate of drug-likeness (QED) is 0.710. The summed E-state index contributed by atoms with van der Waals surface area (Å²) in [7, 11) is -1.65. The molecule has 5 nitrogen and oxygen atoms in total. The van der Waals surface area contributed by atoms with Gasteiger partial charge >= 0.3 is 0 Å². The Kier molecular flexibility index (Phi) is 7.30. The molecule has 0 aliphatic carbocycles. The standard InChI is InChI=1S/C16H25ClN2O3S/c1-22-13-14-23(20,21)19-11-9-18(10-12-19)8-4-6-15-5-2-3-7-16(15)17/h2-3,5,7H,4,6,8-14H2,1H3. The SMILES string of the molecule is COCCS(=O)(=O)N1CCN(CCCc2ccccc2Cl)CC1. The normalized spacial score (nSPS) is 17.5. The zero-order valence-electron chi connectivity index (χ0n) is 13.6. The first kappa shape index (κ1) is 18.7. The molecular formula is C16H25ClN2O3S. The maximum absolute atomic E-state index is 12.1. The number of rotatable bonds is 8. The number of nitrogens with zero attached hydrogens (tertiary/aromatic N) is 2. The van der Waals surface area contributed by atoms with E-state index >= 15 is 0 Å². The summed E-state index contributed by atoms with van der Waals surface area (Å²) in [4.78, 5) is 2.32. The lowest BCUT2D eigenvalue weighted by atomic mass is 10.1. The summed E-state index contributed by atoms with van der Waals surface area (Å²) in [5.41, 5.74) is 1.18. The van der Waals surface area contributed by atoms with Crippen LogP contribution in [0.3, 0.4) is 0 Å².